The Hall–Kier alpha value is -1.31. The SMILES string of the molecule is CCS(=O)(=O)N1CCCC(c2nnc(Cc3ccccc3)s2)C1. The Morgan fingerprint density at radius 1 is 1.26 bits per heavy atom. The standard InChI is InChI=1S/C16H21N3O2S2/c1-2-23(20,21)19-10-6-9-14(12-19)16-18-17-15(22-16)11-13-7-4-3-5-8-13/h3-5,7-8,14H,2,6,9-12H2,1H3. The quantitative estimate of drug-likeness (QED) is 0.831. The largest absolute Gasteiger partial charge is 0.213 e. The van der Waals surface area contributed by atoms with Gasteiger partial charge in [0.05, 0.1) is 5.75 Å². The molecule has 0 N–H and O–H groups in total. The second-order valence-electron chi connectivity index (χ2n) is 5.79. The third-order valence-electron chi connectivity index (χ3n) is 4.17. The molecule has 1 saturated heterocycles. The second kappa shape index (κ2) is 7.07. The third-order valence-corrected chi connectivity index (χ3v) is 7.11. The molecule has 1 atom stereocenters. The Bertz CT molecular complexity index is 744. The summed E-state index contributed by atoms with van der Waals surface area (Å²) in [6.45, 7) is 2.86. The highest BCUT2D eigenvalue weighted by atomic mass is 32.2. The first-order valence-corrected chi connectivity index (χ1v) is 10.3. The molecule has 3 rings (SSSR count). The van der Waals surface area contributed by atoms with Crippen molar-refractivity contribution in [2.45, 2.75) is 32.1 Å². The molecule has 1 aromatic heterocycles. The Morgan fingerprint density at radius 3 is 2.78 bits per heavy atom. The van der Waals surface area contributed by atoms with Crippen LogP contribution in [0.2, 0.25) is 0 Å². The van der Waals surface area contributed by atoms with Crippen molar-refractivity contribution in [2.75, 3.05) is 18.8 Å². The van der Waals surface area contributed by atoms with E-state index in [1.54, 1.807) is 22.6 Å². The van der Waals surface area contributed by atoms with Crippen LogP contribution in [0, 0.1) is 0 Å². The average Bonchev–Trinajstić information content (AvgIpc) is 3.04. The molecule has 2 aromatic rings. The van der Waals surface area contributed by atoms with Gasteiger partial charge in [-0.15, -0.1) is 21.5 Å². The van der Waals surface area contributed by atoms with Crippen LogP contribution in [0.4, 0.5) is 0 Å². The molecule has 5 nitrogen and oxygen atoms in total. The van der Waals surface area contributed by atoms with Crippen LogP contribution in [0.1, 0.15) is 41.3 Å². The number of sulfonamides is 1. The predicted octanol–water partition coefficient (Wildman–Crippen LogP) is 2.66. The second-order valence-corrected chi connectivity index (χ2v) is 9.15. The summed E-state index contributed by atoms with van der Waals surface area (Å²) in [6, 6.07) is 10.2. The van der Waals surface area contributed by atoms with Gasteiger partial charge in [0.1, 0.15) is 10.0 Å². The molecule has 0 bridgehead atoms. The number of nitrogens with zero attached hydrogens (tertiary/aromatic N) is 3. The van der Waals surface area contributed by atoms with Crippen LogP contribution in [0.5, 0.6) is 0 Å². The molecule has 7 heteroatoms. The van der Waals surface area contributed by atoms with E-state index in [1.807, 2.05) is 18.2 Å². The highest BCUT2D eigenvalue weighted by molar-refractivity contribution is 7.89. The Kier molecular flexibility index (Phi) is 5.08. The van der Waals surface area contributed by atoms with E-state index in [0.29, 0.717) is 13.1 Å². The fourth-order valence-electron chi connectivity index (χ4n) is 2.85. The molecule has 0 spiro atoms. The third kappa shape index (κ3) is 3.97. The molecule has 0 aliphatic carbocycles. The first-order chi connectivity index (χ1) is 11.1. The van der Waals surface area contributed by atoms with Crippen LogP contribution < -0.4 is 0 Å². The summed E-state index contributed by atoms with van der Waals surface area (Å²) in [7, 11) is -3.11. The number of rotatable bonds is 5. The first kappa shape index (κ1) is 16.5. The van der Waals surface area contributed by atoms with Gasteiger partial charge in [-0.3, -0.25) is 0 Å². The van der Waals surface area contributed by atoms with E-state index >= 15 is 0 Å². The predicted molar refractivity (Wildman–Crippen MR) is 92.2 cm³/mol. The van der Waals surface area contributed by atoms with Crippen LogP contribution in [0.15, 0.2) is 30.3 Å². The van der Waals surface area contributed by atoms with Gasteiger partial charge in [-0.25, -0.2) is 12.7 Å². The molecule has 1 fully saturated rings. The number of hydrogen-bond donors (Lipinski definition) is 0. The lowest BCUT2D eigenvalue weighted by atomic mass is 10.0. The summed E-state index contributed by atoms with van der Waals surface area (Å²) in [5.74, 6) is 0.335. The Labute approximate surface area is 141 Å². The minimum Gasteiger partial charge on any atom is -0.212 e. The number of hydrogen-bond acceptors (Lipinski definition) is 5. The fourth-order valence-corrected chi connectivity index (χ4v) is 5.03. The van der Waals surface area contributed by atoms with E-state index in [2.05, 4.69) is 22.3 Å². The van der Waals surface area contributed by atoms with E-state index in [0.717, 1.165) is 29.3 Å². The molecule has 1 aromatic carbocycles. The van der Waals surface area contributed by atoms with Crippen LogP contribution in [-0.4, -0.2) is 41.8 Å². The van der Waals surface area contributed by atoms with Gasteiger partial charge in [0, 0.05) is 25.4 Å². The van der Waals surface area contributed by atoms with Crippen molar-refractivity contribution >= 4 is 21.4 Å². The fraction of sp³-hybridized carbons (Fsp3) is 0.500. The Morgan fingerprint density at radius 2 is 2.04 bits per heavy atom. The monoisotopic (exact) mass is 351 g/mol. The summed E-state index contributed by atoms with van der Waals surface area (Å²) in [5.41, 5.74) is 1.22. The summed E-state index contributed by atoms with van der Waals surface area (Å²) < 4.78 is 25.8. The highest BCUT2D eigenvalue weighted by Crippen LogP contribution is 2.30. The maximum Gasteiger partial charge on any atom is 0.213 e. The van der Waals surface area contributed by atoms with Crippen molar-refractivity contribution in [2.24, 2.45) is 0 Å². The zero-order valence-corrected chi connectivity index (χ0v) is 14.8. The van der Waals surface area contributed by atoms with Gasteiger partial charge in [0.2, 0.25) is 10.0 Å². The van der Waals surface area contributed by atoms with Crippen LogP contribution >= 0.6 is 11.3 Å². The summed E-state index contributed by atoms with van der Waals surface area (Å²) in [6.07, 6.45) is 2.65. The molecular weight excluding hydrogens is 330 g/mol. The topological polar surface area (TPSA) is 63.2 Å². The zero-order chi connectivity index (χ0) is 16.3. The molecule has 0 radical (unpaired) electrons. The lowest BCUT2D eigenvalue weighted by Crippen LogP contribution is -2.39. The summed E-state index contributed by atoms with van der Waals surface area (Å²) in [4.78, 5) is 0. The maximum atomic E-state index is 12.1. The zero-order valence-electron chi connectivity index (χ0n) is 13.2. The van der Waals surface area contributed by atoms with Gasteiger partial charge >= 0.3 is 0 Å². The molecule has 0 amide bonds. The molecule has 1 unspecified atom stereocenters. The van der Waals surface area contributed by atoms with Crippen molar-refractivity contribution in [3.05, 3.63) is 45.9 Å². The summed E-state index contributed by atoms with van der Waals surface area (Å²) >= 11 is 1.61. The lowest BCUT2D eigenvalue weighted by molar-refractivity contribution is 0.315. The molecule has 2 heterocycles. The Balaban J connectivity index is 1.70. The van der Waals surface area contributed by atoms with Crippen LogP contribution in [0.25, 0.3) is 0 Å². The van der Waals surface area contributed by atoms with Gasteiger partial charge < -0.3 is 0 Å². The minimum atomic E-state index is -3.11. The van der Waals surface area contributed by atoms with E-state index in [-0.39, 0.29) is 11.7 Å². The van der Waals surface area contributed by atoms with Crippen molar-refractivity contribution < 1.29 is 8.42 Å². The highest BCUT2D eigenvalue weighted by Gasteiger charge is 2.30. The van der Waals surface area contributed by atoms with E-state index in [9.17, 15) is 8.42 Å². The normalized spacial score (nSPS) is 19.8. The molecule has 23 heavy (non-hydrogen) atoms. The average molecular weight is 351 g/mol. The maximum absolute atomic E-state index is 12.1. The lowest BCUT2D eigenvalue weighted by Gasteiger charge is -2.30. The molecule has 124 valence electrons. The van der Waals surface area contributed by atoms with E-state index in [1.165, 1.54) is 5.56 Å². The van der Waals surface area contributed by atoms with Crippen molar-refractivity contribution in [1.29, 1.82) is 0 Å². The molecule has 1 aliphatic heterocycles. The first-order valence-electron chi connectivity index (χ1n) is 7.92. The van der Waals surface area contributed by atoms with Gasteiger partial charge in [0.15, 0.2) is 0 Å². The minimum absolute atomic E-state index is 0.162. The van der Waals surface area contributed by atoms with Gasteiger partial charge in [-0.1, -0.05) is 30.3 Å². The van der Waals surface area contributed by atoms with Gasteiger partial charge in [-0.2, -0.15) is 0 Å². The number of piperidine rings is 1. The van der Waals surface area contributed by atoms with Crippen molar-refractivity contribution in [3.8, 4) is 0 Å². The molecular formula is C16H21N3O2S2. The number of aromatic nitrogens is 2. The van der Waals surface area contributed by atoms with Crippen LogP contribution in [0.3, 0.4) is 0 Å². The van der Waals surface area contributed by atoms with E-state index < -0.39 is 10.0 Å². The molecule has 1 aliphatic rings. The van der Waals surface area contributed by atoms with Crippen molar-refractivity contribution in [1.82, 2.24) is 14.5 Å². The molecule has 0 saturated carbocycles. The van der Waals surface area contributed by atoms with Gasteiger partial charge in [-0.05, 0) is 25.3 Å². The smallest absolute Gasteiger partial charge is 0.212 e. The number of benzene rings is 1. The van der Waals surface area contributed by atoms with Crippen molar-refractivity contribution in [3.63, 3.8) is 0 Å². The van der Waals surface area contributed by atoms with E-state index in [4.69, 9.17) is 0 Å². The van der Waals surface area contributed by atoms with Crippen LogP contribution in [-0.2, 0) is 16.4 Å². The summed E-state index contributed by atoms with van der Waals surface area (Å²) in [5, 5.41) is 10.6. The van der Waals surface area contributed by atoms with Gasteiger partial charge in [0.25, 0.3) is 0 Å².